The van der Waals surface area contributed by atoms with E-state index in [1.54, 1.807) is 0 Å². The van der Waals surface area contributed by atoms with Crippen molar-refractivity contribution < 1.29 is 4.74 Å². The van der Waals surface area contributed by atoms with E-state index >= 15 is 0 Å². The fraction of sp³-hybridized carbons (Fsp3) is 0.667. The molecule has 2 N–H and O–H groups in total. The quantitative estimate of drug-likeness (QED) is 0.892. The molecule has 0 amide bonds. The molecule has 112 valence electrons. The van der Waals surface area contributed by atoms with Crippen molar-refractivity contribution in [1.29, 1.82) is 0 Å². The molecule has 0 radical (unpaired) electrons. The minimum atomic E-state index is -0.191. The molecular formula is C18H29NO. The van der Waals surface area contributed by atoms with Crippen LogP contribution in [0.15, 0.2) is 24.3 Å². The highest BCUT2D eigenvalue weighted by Gasteiger charge is 2.43. The maximum Gasteiger partial charge on any atom is 0.0870 e. The molecule has 2 rings (SSSR count). The largest absolute Gasteiger partial charge is 0.376 e. The molecule has 1 aromatic carbocycles. The number of benzene rings is 1. The molecule has 0 bridgehead atoms. The first-order valence-electron chi connectivity index (χ1n) is 7.82. The van der Waals surface area contributed by atoms with Gasteiger partial charge in [-0.15, -0.1) is 0 Å². The van der Waals surface area contributed by atoms with Crippen LogP contribution in [0.1, 0.15) is 63.6 Å². The van der Waals surface area contributed by atoms with Crippen LogP contribution < -0.4 is 5.73 Å². The molecule has 1 aromatic rings. The normalized spacial score (nSPS) is 22.4. The van der Waals surface area contributed by atoms with Gasteiger partial charge in [0.1, 0.15) is 0 Å². The lowest BCUT2D eigenvalue weighted by molar-refractivity contribution is -0.0794. The van der Waals surface area contributed by atoms with Crippen LogP contribution in [0.3, 0.4) is 0 Å². The molecule has 1 aliphatic rings. The Morgan fingerprint density at radius 1 is 1.10 bits per heavy atom. The summed E-state index contributed by atoms with van der Waals surface area (Å²) in [5.74, 6) is 0. The van der Waals surface area contributed by atoms with Gasteiger partial charge in [-0.3, -0.25) is 0 Å². The van der Waals surface area contributed by atoms with Gasteiger partial charge in [0.15, 0.2) is 0 Å². The molecule has 1 saturated carbocycles. The Kier molecular flexibility index (Phi) is 4.55. The Balaban J connectivity index is 2.18. The molecule has 1 aliphatic carbocycles. The van der Waals surface area contributed by atoms with E-state index < -0.39 is 0 Å². The maximum atomic E-state index is 6.57. The number of rotatable bonds is 4. The van der Waals surface area contributed by atoms with Crippen molar-refractivity contribution in [1.82, 2.24) is 0 Å². The Bertz CT molecular complexity index is 425. The summed E-state index contributed by atoms with van der Waals surface area (Å²) in [6, 6.07) is 8.68. The third-order valence-electron chi connectivity index (χ3n) is 5.17. The van der Waals surface area contributed by atoms with E-state index in [1.807, 2.05) is 7.11 Å². The average Bonchev–Trinajstić information content (AvgIpc) is 2.47. The molecule has 0 aromatic heterocycles. The zero-order valence-corrected chi connectivity index (χ0v) is 13.4. The van der Waals surface area contributed by atoms with Gasteiger partial charge in [0.25, 0.3) is 0 Å². The van der Waals surface area contributed by atoms with E-state index in [4.69, 9.17) is 10.5 Å². The van der Waals surface area contributed by atoms with Crippen LogP contribution in [0.25, 0.3) is 0 Å². The first-order valence-corrected chi connectivity index (χ1v) is 7.82. The van der Waals surface area contributed by atoms with Gasteiger partial charge in [-0.2, -0.15) is 0 Å². The molecule has 20 heavy (non-hydrogen) atoms. The molecule has 0 saturated heterocycles. The van der Waals surface area contributed by atoms with E-state index in [-0.39, 0.29) is 11.6 Å². The van der Waals surface area contributed by atoms with Crippen molar-refractivity contribution in [2.75, 3.05) is 7.11 Å². The third kappa shape index (κ3) is 3.07. The summed E-state index contributed by atoms with van der Waals surface area (Å²) in [6.07, 6.45) is 5.53. The molecule has 1 atom stereocenters. The van der Waals surface area contributed by atoms with Crippen LogP contribution in [0.2, 0.25) is 0 Å². The van der Waals surface area contributed by atoms with Crippen LogP contribution >= 0.6 is 0 Å². The predicted octanol–water partition coefficient (Wildman–Crippen LogP) is 4.23. The number of ether oxygens (including phenoxy) is 1. The third-order valence-corrected chi connectivity index (χ3v) is 5.17. The van der Waals surface area contributed by atoms with Gasteiger partial charge in [0.05, 0.1) is 11.6 Å². The lowest BCUT2D eigenvalue weighted by atomic mass is 9.67. The summed E-state index contributed by atoms with van der Waals surface area (Å²) in [4.78, 5) is 0. The van der Waals surface area contributed by atoms with Gasteiger partial charge in [0.2, 0.25) is 0 Å². The van der Waals surface area contributed by atoms with Crippen LogP contribution in [-0.4, -0.2) is 12.7 Å². The van der Waals surface area contributed by atoms with Crippen molar-refractivity contribution in [3.8, 4) is 0 Å². The number of hydrogen-bond donors (Lipinski definition) is 1. The fourth-order valence-corrected chi connectivity index (χ4v) is 3.26. The summed E-state index contributed by atoms with van der Waals surface area (Å²) in [5.41, 5.74) is 9.36. The first kappa shape index (κ1) is 15.5. The Labute approximate surface area is 123 Å². The topological polar surface area (TPSA) is 35.2 Å². The average molecular weight is 275 g/mol. The van der Waals surface area contributed by atoms with Gasteiger partial charge in [-0.25, -0.2) is 0 Å². The number of aryl methyl sites for hydroxylation is 1. The van der Waals surface area contributed by atoms with Gasteiger partial charge in [-0.05, 0) is 48.6 Å². The van der Waals surface area contributed by atoms with E-state index in [0.717, 1.165) is 19.3 Å². The van der Waals surface area contributed by atoms with Crippen molar-refractivity contribution in [2.45, 2.75) is 64.5 Å². The Morgan fingerprint density at radius 2 is 1.65 bits per heavy atom. The van der Waals surface area contributed by atoms with E-state index in [0.29, 0.717) is 5.41 Å². The molecular weight excluding hydrogens is 246 g/mol. The summed E-state index contributed by atoms with van der Waals surface area (Å²) in [6.45, 7) is 6.86. The molecule has 0 heterocycles. The minimum absolute atomic E-state index is 0.0329. The van der Waals surface area contributed by atoms with E-state index in [2.05, 4.69) is 45.0 Å². The molecule has 1 fully saturated rings. The zero-order chi connectivity index (χ0) is 14.8. The van der Waals surface area contributed by atoms with E-state index in [1.165, 1.54) is 24.0 Å². The second-order valence-corrected chi connectivity index (χ2v) is 7.01. The van der Waals surface area contributed by atoms with Gasteiger partial charge in [-0.1, -0.05) is 45.0 Å². The van der Waals surface area contributed by atoms with E-state index in [9.17, 15) is 0 Å². The maximum absolute atomic E-state index is 6.57. The van der Waals surface area contributed by atoms with Crippen LogP contribution in [0.4, 0.5) is 0 Å². The van der Waals surface area contributed by atoms with Crippen molar-refractivity contribution >= 4 is 0 Å². The molecule has 0 spiro atoms. The van der Waals surface area contributed by atoms with Crippen molar-refractivity contribution in [3.63, 3.8) is 0 Å². The van der Waals surface area contributed by atoms with Gasteiger partial charge >= 0.3 is 0 Å². The van der Waals surface area contributed by atoms with Crippen molar-refractivity contribution in [2.24, 2.45) is 11.1 Å². The summed E-state index contributed by atoms with van der Waals surface area (Å²) < 4.78 is 5.92. The summed E-state index contributed by atoms with van der Waals surface area (Å²) in [5, 5.41) is 0. The SMILES string of the molecule is CCc1ccc(C(N)C2(OC)CCC(C)(C)CC2)cc1. The van der Waals surface area contributed by atoms with Crippen molar-refractivity contribution in [3.05, 3.63) is 35.4 Å². The highest BCUT2D eigenvalue weighted by atomic mass is 16.5. The molecule has 0 aliphatic heterocycles. The lowest BCUT2D eigenvalue weighted by Crippen LogP contribution is -2.47. The second-order valence-electron chi connectivity index (χ2n) is 7.01. The standard InChI is InChI=1S/C18H29NO/c1-5-14-6-8-15(9-7-14)16(19)18(20-4)12-10-17(2,3)11-13-18/h6-9,16H,5,10-13,19H2,1-4H3. The highest BCUT2D eigenvalue weighted by Crippen LogP contribution is 2.46. The predicted molar refractivity (Wildman–Crippen MR) is 84.7 cm³/mol. The second kappa shape index (κ2) is 5.87. The first-order chi connectivity index (χ1) is 9.42. The Morgan fingerprint density at radius 3 is 2.10 bits per heavy atom. The molecule has 1 unspecified atom stereocenters. The summed E-state index contributed by atoms with van der Waals surface area (Å²) in [7, 11) is 1.82. The zero-order valence-electron chi connectivity index (χ0n) is 13.4. The summed E-state index contributed by atoms with van der Waals surface area (Å²) >= 11 is 0. The molecule has 2 heteroatoms. The number of hydrogen-bond acceptors (Lipinski definition) is 2. The van der Waals surface area contributed by atoms with Gasteiger partial charge in [0, 0.05) is 7.11 Å². The molecule has 2 nitrogen and oxygen atoms in total. The van der Waals surface area contributed by atoms with Crippen LogP contribution in [-0.2, 0) is 11.2 Å². The lowest BCUT2D eigenvalue weighted by Gasteiger charge is -2.46. The monoisotopic (exact) mass is 275 g/mol. The number of methoxy groups -OCH3 is 1. The van der Waals surface area contributed by atoms with Crippen LogP contribution in [0.5, 0.6) is 0 Å². The smallest absolute Gasteiger partial charge is 0.0870 e. The van der Waals surface area contributed by atoms with Crippen LogP contribution in [0, 0.1) is 5.41 Å². The number of nitrogens with two attached hydrogens (primary N) is 1. The Hall–Kier alpha value is -0.860. The minimum Gasteiger partial charge on any atom is -0.376 e. The fourth-order valence-electron chi connectivity index (χ4n) is 3.26. The van der Waals surface area contributed by atoms with Gasteiger partial charge < -0.3 is 10.5 Å². The highest BCUT2D eigenvalue weighted by molar-refractivity contribution is 5.27.